The number of anilines is 1. The molecule has 0 spiro atoms. The minimum Gasteiger partial charge on any atom is -0.478 e. The van der Waals surface area contributed by atoms with Crippen LogP contribution in [-0.2, 0) is 0 Å². The van der Waals surface area contributed by atoms with Crippen LogP contribution in [0.2, 0.25) is 0 Å². The summed E-state index contributed by atoms with van der Waals surface area (Å²) in [5.74, 6) is -1.25. The molecule has 0 aromatic heterocycles. The van der Waals surface area contributed by atoms with Gasteiger partial charge in [0, 0.05) is 18.3 Å². The topological polar surface area (TPSA) is 105 Å². The minimum absolute atomic E-state index is 0.195. The highest BCUT2D eigenvalue weighted by Crippen LogP contribution is 2.22. The molecule has 0 bridgehead atoms. The Morgan fingerprint density at radius 3 is 2.81 bits per heavy atom. The smallest absolute Gasteiger partial charge is 0.338 e. The fourth-order valence-corrected chi connectivity index (χ4v) is 1.05. The van der Waals surface area contributed by atoms with Crippen molar-refractivity contribution >= 4 is 23.6 Å². The lowest BCUT2D eigenvalue weighted by atomic mass is 10.1. The molecule has 16 heavy (non-hydrogen) atoms. The van der Waals surface area contributed by atoms with Gasteiger partial charge in [-0.1, -0.05) is 0 Å². The molecule has 0 heterocycles. The van der Waals surface area contributed by atoms with Crippen LogP contribution in [0.15, 0.2) is 23.3 Å². The first-order valence-corrected chi connectivity index (χ1v) is 4.31. The number of nitro groups is 1. The Morgan fingerprint density at radius 2 is 2.31 bits per heavy atom. The molecule has 7 heteroatoms. The predicted octanol–water partition coefficient (Wildman–Crippen LogP) is 1.71. The van der Waals surface area contributed by atoms with Crippen molar-refractivity contribution in [1.82, 2.24) is 0 Å². The summed E-state index contributed by atoms with van der Waals surface area (Å²) in [6.45, 7) is 1.65. The number of nitrogens with one attached hydrogen (secondary N) is 1. The summed E-state index contributed by atoms with van der Waals surface area (Å²) in [5, 5.41) is 23.0. The number of rotatable bonds is 4. The van der Waals surface area contributed by atoms with Crippen LogP contribution in [0.1, 0.15) is 17.3 Å². The molecule has 0 amide bonds. The van der Waals surface area contributed by atoms with Crippen molar-refractivity contribution in [2.45, 2.75) is 6.92 Å². The first kappa shape index (κ1) is 11.6. The van der Waals surface area contributed by atoms with Crippen molar-refractivity contribution in [3.8, 4) is 0 Å². The Bertz CT molecular complexity index is 456. The molecule has 0 unspecified atom stereocenters. The molecule has 0 aliphatic carbocycles. The van der Waals surface area contributed by atoms with E-state index in [1.54, 1.807) is 6.92 Å². The van der Waals surface area contributed by atoms with Crippen LogP contribution in [0.5, 0.6) is 0 Å². The Labute approximate surface area is 90.6 Å². The highest BCUT2D eigenvalue weighted by atomic mass is 16.6. The highest BCUT2D eigenvalue weighted by molar-refractivity contribution is 5.95. The normalized spacial score (nSPS) is 10.3. The summed E-state index contributed by atoms with van der Waals surface area (Å²) in [6.07, 6.45) is 1.44. The largest absolute Gasteiger partial charge is 0.478 e. The predicted molar refractivity (Wildman–Crippen MR) is 57.8 cm³/mol. The van der Waals surface area contributed by atoms with Gasteiger partial charge in [-0.2, -0.15) is 5.10 Å². The first-order valence-electron chi connectivity index (χ1n) is 4.31. The molecule has 0 fully saturated rings. The van der Waals surface area contributed by atoms with Gasteiger partial charge in [-0.25, -0.2) is 4.79 Å². The van der Waals surface area contributed by atoms with Crippen molar-refractivity contribution < 1.29 is 14.8 Å². The van der Waals surface area contributed by atoms with Gasteiger partial charge in [-0.15, -0.1) is 0 Å². The number of hydrogen-bond acceptors (Lipinski definition) is 5. The molecule has 84 valence electrons. The fourth-order valence-electron chi connectivity index (χ4n) is 1.05. The van der Waals surface area contributed by atoms with Gasteiger partial charge in [0.1, 0.15) is 0 Å². The number of nitro benzene ring substituents is 1. The van der Waals surface area contributed by atoms with E-state index in [0.717, 1.165) is 6.07 Å². The molecule has 1 aromatic carbocycles. The third-order valence-corrected chi connectivity index (χ3v) is 1.76. The van der Waals surface area contributed by atoms with Gasteiger partial charge in [0.05, 0.1) is 16.2 Å². The lowest BCUT2D eigenvalue weighted by Gasteiger charge is -2.04. The summed E-state index contributed by atoms with van der Waals surface area (Å²) in [6, 6.07) is 3.49. The van der Waals surface area contributed by atoms with Crippen LogP contribution in [-0.4, -0.2) is 22.2 Å². The monoisotopic (exact) mass is 223 g/mol. The number of benzene rings is 1. The second-order valence-electron chi connectivity index (χ2n) is 2.79. The molecule has 0 aliphatic heterocycles. The SMILES string of the molecule is C/C=N/Nc1ccc([N+](=O)[O-])cc1C(=O)O. The molecule has 7 nitrogen and oxygen atoms in total. The summed E-state index contributed by atoms with van der Waals surface area (Å²) in [4.78, 5) is 20.7. The highest BCUT2D eigenvalue weighted by Gasteiger charge is 2.15. The molecular formula is C9H9N3O4. The van der Waals surface area contributed by atoms with Crippen molar-refractivity contribution in [2.75, 3.05) is 5.43 Å². The average Bonchev–Trinajstić information content (AvgIpc) is 2.25. The number of hydrazone groups is 1. The van der Waals surface area contributed by atoms with E-state index in [9.17, 15) is 14.9 Å². The van der Waals surface area contributed by atoms with E-state index in [0.29, 0.717) is 0 Å². The van der Waals surface area contributed by atoms with Crippen molar-refractivity contribution in [3.63, 3.8) is 0 Å². The molecule has 1 aromatic rings. The van der Waals surface area contributed by atoms with Gasteiger partial charge in [0.25, 0.3) is 5.69 Å². The molecule has 1 rings (SSSR count). The average molecular weight is 223 g/mol. The van der Waals surface area contributed by atoms with Gasteiger partial charge >= 0.3 is 5.97 Å². The zero-order chi connectivity index (χ0) is 12.1. The molecule has 2 N–H and O–H groups in total. The summed E-state index contributed by atoms with van der Waals surface area (Å²) in [7, 11) is 0. The van der Waals surface area contributed by atoms with E-state index in [1.807, 2.05) is 0 Å². The summed E-state index contributed by atoms with van der Waals surface area (Å²) < 4.78 is 0. The molecule has 0 aliphatic rings. The Morgan fingerprint density at radius 1 is 1.62 bits per heavy atom. The van der Waals surface area contributed by atoms with Crippen LogP contribution >= 0.6 is 0 Å². The van der Waals surface area contributed by atoms with Gasteiger partial charge in [0.2, 0.25) is 0 Å². The van der Waals surface area contributed by atoms with Gasteiger partial charge in [-0.3, -0.25) is 15.5 Å². The van der Waals surface area contributed by atoms with Crippen LogP contribution < -0.4 is 5.43 Å². The molecule has 0 saturated heterocycles. The van der Waals surface area contributed by atoms with E-state index in [2.05, 4.69) is 10.5 Å². The van der Waals surface area contributed by atoms with Gasteiger partial charge in [0.15, 0.2) is 0 Å². The number of carboxylic acids is 1. The van der Waals surface area contributed by atoms with E-state index in [-0.39, 0.29) is 16.9 Å². The number of non-ortho nitro benzene ring substituents is 1. The second kappa shape index (κ2) is 4.87. The van der Waals surface area contributed by atoms with E-state index in [4.69, 9.17) is 5.11 Å². The third-order valence-electron chi connectivity index (χ3n) is 1.76. The van der Waals surface area contributed by atoms with Crippen LogP contribution in [0.3, 0.4) is 0 Å². The van der Waals surface area contributed by atoms with Crippen LogP contribution in [0.25, 0.3) is 0 Å². The Hall–Kier alpha value is -2.44. The maximum atomic E-state index is 10.8. The zero-order valence-electron chi connectivity index (χ0n) is 8.38. The summed E-state index contributed by atoms with van der Waals surface area (Å²) in [5.41, 5.74) is 2.21. The van der Waals surface area contributed by atoms with Gasteiger partial charge < -0.3 is 5.11 Å². The lowest BCUT2D eigenvalue weighted by Crippen LogP contribution is -2.03. The molecule has 0 radical (unpaired) electrons. The minimum atomic E-state index is -1.25. The maximum Gasteiger partial charge on any atom is 0.338 e. The number of nitrogens with zero attached hydrogens (tertiary/aromatic N) is 2. The van der Waals surface area contributed by atoms with Crippen LogP contribution in [0, 0.1) is 10.1 Å². The molecule has 0 saturated carbocycles. The number of carboxylic acid groups (broad SMARTS) is 1. The molecular weight excluding hydrogens is 214 g/mol. The quantitative estimate of drug-likeness (QED) is 0.459. The van der Waals surface area contributed by atoms with Crippen LogP contribution in [0.4, 0.5) is 11.4 Å². The van der Waals surface area contributed by atoms with Crippen molar-refractivity contribution in [1.29, 1.82) is 0 Å². The van der Waals surface area contributed by atoms with Crippen molar-refractivity contribution in [3.05, 3.63) is 33.9 Å². The van der Waals surface area contributed by atoms with E-state index < -0.39 is 10.9 Å². The Kier molecular flexibility index (Phi) is 3.54. The Balaban J connectivity index is 3.19. The van der Waals surface area contributed by atoms with Crippen molar-refractivity contribution in [2.24, 2.45) is 5.10 Å². The third kappa shape index (κ3) is 2.53. The number of carbonyl (C=O) groups is 1. The van der Waals surface area contributed by atoms with E-state index in [1.165, 1.54) is 18.3 Å². The number of aromatic carboxylic acids is 1. The lowest BCUT2D eigenvalue weighted by molar-refractivity contribution is -0.384. The standard InChI is InChI=1S/C9H9N3O4/c1-2-10-11-8-4-3-6(12(15)16)5-7(8)9(13)14/h2-5,11H,1H3,(H,13,14)/b10-2+. The number of hydrogen-bond donors (Lipinski definition) is 2. The van der Waals surface area contributed by atoms with Gasteiger partial charge in [-0.05, 0) is 13.0 Å². The second-order valence-corrected chi connectivity index (χ2v) is 2.79. The molecule has 0 atom stereocenters. The zero-order valence-corrected chi connectivity index (χ0v) is 8.38. The first-order chi connectivity index (χ1) is 7.56. The summed E-state index contributed by atoms with van der Waals surface area (Å²) >= 11 is 0. The maximum absolute atomic E-state index is 10.8. The fraction of sp³-hybridized carbons (Fsp3) is 0.111. The van der Waals surface area contributed by atoms with E-state index >= 15 is 0 Å².